The van der Waals surface area contributed by atoms with Gasteiger partial charge in [0.2, 0.25) is 5.91 Å². The fourth-order valence-electron chi connectivity index (χ4n) is 7.52. The van der Waals surface area contributed by atoms with E-state index >= 15 is 14.0 Å². The molecule has 1 unspecified atom stereocenters. The van der Waals surface area contributed by atoms with Gasteiger partial charge in [0.05, 0.1) is 45.4 Å². The van der Waals surface area contributed by atoms with Crippen molar-refractivity contribution in [3.05, 3.63) is 148 Å². The highest BCUT2D eigenvalue weighted by atomic mass is 19.1. The summed E-state index contributed by atoms with van der Waals surface area (Å²) in [6.07, 6.45) is 3.33. The number of carbonyl (C=O) groups excluding carboxylic acids is 4. The van der Waals surface area contributed by atoms with Crippen molar-refractivity contribution in [3.63, 3.8) is 0 Å². The number of anilines is 1. The number of esters is 2. The molecule has 4 aromatic carbocycles. The molecule has 0 radical (unpaired) electrons. The average molecular weight is 659 g/mol. The van der Waals surface area contributed by atoms with Gasteiger partial charge in [-0.05, 0) is 70.8 Å². The molecule has 7 rings (SSSR count). The van der Waals surface area contributed by atoms with Crippen molar-refractivity contribution in [2.75, 3.05) is 26.2 Å². The van der Waals surface area contributed by atoms with Crippen LogP contribution in [-0.2, 0) is 35.8 Å². The zero-order valence-electron chi connectivity index (χ0n) is 26.9. The van der Waals surface area contributed by atoms with Gasteiger partial charge in [0, 0.05) is 17.5 Å². The predicted molar refractivity (Wildman–Crippen MR) is 178 cm³/mol. The second-order valence-corrected chi connectivity index (χ2v) is 11.9. The number of amides is 1. The van der Waals surface area contributed by atoms with Crippen molar-refractivity contribution in [3.8, 4) is 5.75 Å². The van der Waals surface area contributed by atoms with Crippen molar-refractivity contribution in [2.45, 2.75) is 18.0 Å². The second-order valence-electron chi connectivity index (χ2n) is 11.9. The van der Waals surface area contributed by atoms with Gasteiger partial charge in [0.1, 0.15) is 22.7 Å². The van der Waals surface area contributed by atoms with Crippen LogP contribution >= 0.6 is 0 Å². The minimum absolute atomic E-state index is 0.0921. The van der Waals surface area contributed by atoms with E-state index < -0.39 is 46.8 Å². The van der Waals surface area contributed by atoms with E-state index in [1.807, 2.05) is 42.5 Å². The molecule has 0 saturated carbocycles. The summed E-state index contributed by atoms with van der Waals surface area (Å²) < 4.78 is 31.4. The zero-order valence-corrected chi connectivity index (χ0v) is 26.9. The molecule has 3 atom stereocenters. The topological polar surface area (TPSA) is 102 Å². The van der Waals surface area contributed by atoms with Crippen LogP contribution in [0.4, 0.5) is 10.1 Å². The monoisotopic (exact) mass is 658 g/mol. The molecule has 0 aromatic heterocycles. The van der Waals surface area contributed by atoms with Crippen LogP contribution in [0.25, 0.3) is 6.08 Å². The Morgan fingerprint density at radius 1 is 0.837 bits per heavy atom. The number of hydrogen-bond acceptors (Lipinski definition) is 8. The van der Waals surface area contributed by atoms with Crippen LogP contribution in [0.5, 0.6) is 5.75 Å². The van der Waals surface area contributed by atoms with Crippen molar-refractivity contribution in [1.29, 1.82) is 0 Å². The van der Waals surface area contributed by atoms with Crippen LogP contribution in [0.1, 0.15) is 38.7 Å². The van der Waals surface area contributed by atoms with E-state index in [0.29, 0.717) is 17.0 Å². The van der Waals surface area contributed by atoms with E-state index in [2.05, 4.69) is 0 Å². The van der Waals surface area contributed by atoms with Gasteiger partial charge in [0.15, 0.2) is 5.78 Å². The van der Waals surface area contributed by atoms with E-state index in [1.54, 1.807) is 36.5 Å². The third kappa shape index (κ3) is 4.74. The highest BCUT2D eigenvalue weighted by Gasteiger charge is 2.69. The molecular weight excluding hydrogens is 627 g/mol. The fourth-order valence-corrected chi connectivity index (χ4v) is 7.52. The lowest BCUT2D eigenvalue weighted by Crippen LogP contribution is -2.61. The maximum Gasteiger partial charge on any atom is 0.355 e. The number of halogens is 1. The third-order valence-electron chi connectivity index (χ3n) is 9.57. The van der Waals surface area contributed by atoms with Crippen LogP contribution in [0.15, 0.2) is 115 Å². The van der Waals surface area contributed by atoms with Crippen molar-refractivity contribution in [1.82, 2.24) is 4.90 Å². The summed E-state index contributed by atoms with van der Waals surface area (Å²) in [4.78, 5) is 61.7. The molecule has 49 heavy (non-hydrogen) atoms. The number of hydrogen-bond donors (Lipinski definition) is 0. The van der Waals surface area contributed by atoms with Crippen molar-refractivity contribution < 1.29 is 37.8 Å². The van der Waals surface area contributed by atoms with Gasteiger partial charge in [-0.3, -0.25) is 9.59 Å². The summed E-state index contributed by atoms with van der Waals surface area (Å²) in [5.41, 5.74) is 0.199. The maximum atomic E-state index is 15.7. The molecule has 0 bridgehead atoms. The van der Waals surface area contributed by atoms with E-state index in [9.17, 15) is 9.59 Å². The standard InChI is InChI=1S/C39H31FN2O7/c1-47-27-16-13-25(14-17-27)34(43)32-31(36(44)48-2)33(37(45)49-3)41-20-19-24-11-7-8-12-28(24)35(41)39(32)29-21-26(40)15-18-30(29)42(38(39)46)22-23-9-5-4-6-10-23/h4-21,32,35H,22H2,1-3H3/t32?,35-,39+/m0/s1. The van der Waals surface area contributed by atoms with Gasteiger partial charge in [-0.1, -0.05) is 54.6 Å². The smallest absolute Gasteiger partial charge is 0.355 e. The molecule has 9 nitrogen and oxygen atoms in total. The van der Waals surface area contributed by atoms with Gasteiger partial charge in [0.25, 0.3) is 0 Å². The molecule has 1 amide bonds. The lowest BCUT2D eigenvalue weighted by Gasteiger charge is -2.52. The summed E-state index contributed by atoms with van der Waals surface area (Å²) in [6, 6.07) is 25.7. The highest BCUT2D eigenvalue weighted by Crippen LogP contribution is 2.62. The number of Topliss-reactive ketones (excluding diaryl/α,β-unsaturated/α-hetero) is 1. The second kappa shape index (κ2) is 12.2. The van der Waals surface area contributed by atoms with E-state index in [0.717, 1.165) is 18.2 Å². The summed E-state index contributed by atoms with van der Waals surface area (Å²) in [5.74, 6) is -4.96. The lowest BCUT2D eigenvalue weighted by molar-refractivity contribution is -0.144. The summed E-state index contributed by atoms with van der Waals surface area (Å²) in [5, 5.41) is 0. The summed E-state index contributed by atoms with van der Waals surface area (Å²) in [6.45, 7) is 0.0921. The first-order chi connectivity index (χ1) is 23.8. The van der Waals surface area contributed by atoms with Crippen LogP contribution in [-0.4, -0.2) is 49.9 Å². The third-order valence-corrected chi connectivity index (χ3v) is 9.57. The average Bonchev–Trinajstić information content (AvgIpc) is 3.36. The normalized spacial score (nSPS) is 20.4. The van der Waals surface area contributed by atoms with Crippen LogP contribution < -0.4 is 9.64 Å². The first-order valence-corrected chi connectivity index (χ1v) is 15.6. The van der Waals surface area contributed by atoms with Crippen LogP contribution in [0.3, 0.4) is 0 Å². The minimum Gasteiger partial charge on any atom is -0.497 e. The lowest BCUT2D eigenvalue weighted by atomic mass is 9.56. The first kappa shape index (κ1) is 31.6. The number of benzene rings is 4. The Hall–Kier alpha value is -6.03. The molecule has 4 aromatic rings. The Morgan fingerprint density at radius 2 is 1.53 bits per heavy atom. The molecule has 3 aliphatic heterocycles. The van der Waals surface area contributed by atoms with E-state index in [4.69, 9.17) is 14.2 Å². The largest absolute Gasteiger partial charge is 0.497 e. The SMILES string of the molecule is COC(=O)C1=C(C(=O)OC)N2C=Cc3ccccc3[C@H]2[C@]2(C(=O)N(Cc3ccccc3)c3ccc(F)cc32)C1C(=O)c1ccc(OC)cc1. The highest BCUT2D eigenvalue weighted by molar-refractivity contribution is 6.19. The first-order valence-electron chi connectivity index (χ1n) is 15.6. The van der Waals surface area contributed by atoms with E-state index in [1.165, 1.54) is 54.4 Å². The Labute approximate surface area is 281 Å². The Kier molecular flexibility index (Phi) is 7.86. The number of rotatable bonds is 7. The van der Waals surface area contributed by atoms with Crippen molar-refractivity contribution >= 4 is 35.4 Å². The van der Waals surface area contributed by atoms with Gasteiger partial charge in [-0.15, -0.1) is 0 Å². The van der Waals surface area contributed by atoms with Gasteiger partial charge >= 0.3 is 11.9 Å². The molecule has 0 saturated heterocycles. The van der Waals surface area contributed by atoms with Gasteiger partial charge < -0.3 is 24.0 Å². The van der Waals surface area contributed by atoms with E-state index in [-0.39, 0.29) is 28.9 Å². The summed E-state index contributed by atoms with van der Waals surface area (Å²) >= 11 is 0. The molecule has 10 heteroatoms. The maximum absolute atomic E-state index is 15.7. The molecule has 3 aliphatic rings. The Morgan fingerprint density at radius 3 is 2.22 bits per heavy atom. The predicted octanol–water partition coefficient (Wildman–Crippen LogP) is 5.76. The minimum atomic E-state index is -1.98. The van der Waals surface area contributed by atoms with Crippen LogP contribution in [0, 0.1) is 11.7 Å². The molecule has 246 valence electrons. The number of nitrogens with zero attached hydrogens (tertiary/aromatic N) is 2. The molecule has 0 fully saturated rings. The zero-order chi connectivity index (χ0) is 34.4. The molecular formula is C39H31FN2O7. The molecule has 0 N–H and O–H groups in total. The number of fused-ring (bicyclic) bond motifs is 6. The number of methoxy groups -OCH3 is 3. The Bertz CT molecular complexity index is 2070. The van der Waals surface area contributed by atoms with Crippen LogP contribution in [0.2, 0.25) is 0 Å². The molecule has 3 heterocycles. The number of carbonyl (C=O) groups is 4. The fraction of sp³-hybridized carbons (Fsp3) is 0.179. The molecule has 0 aliphatic carbocycles. The summed E-state index contributed by atoms with van der Waals surface area (Å²) in [7, 11) is 3.78. The quantitative estimate of drug-likeness (QED) is 0.183. The van der Waals surface area contributed by atoms with Gasteiger partial charge in [-0.2, -0.15) is 0 Å². The van der Waals surface area contributed by atoms with Crippen molar-refractivity contribution in [2.24, 2.45) is 5.92 Å². The van der Waals surface area contributed by atoms with Gasteiger partial charge in [-0.25, -0.2) is 14.0 Å². The number of ketones is 1. The number of ether oxygens (including phenoxy) is 3. The Balaban J connectivity index is 1.62. The molecule has 1 spiro atoms.